The Balaban J connectivity index is 1.46. The van der Waals surface area contributed by atoms with Crippen molar-refractivity contribution >= 4 is 17.5 Å². The molecule has 0 bridgehead atoms. The number of fused-ring (bicyclic) bond motifs is 1. The van der Waals surface area contributed by atoms with Gasteiger partial charge in [-0.1, -0.05) is 11.2 Å². The first-order valence-corrected chi connectivity index (χ1v) is 8.20. The van der Waals surface area contributed by atoms with Crippen LogP contribution in [0.1, 0.15) is 23.8 Å². The van der Waals surface area contributed by atoms with E-state index in [1.54, 1.807) is 24.5 Å². The van der Waals surface area contributed by atoms with Gasteiger partial charge in [0.05, 0.1) is 12.5 Å². The molecule has 0 saturated carbocycles. The normalized spacial score (nSPS) is 15.7. The van der Waals surface area contributed by atoms with Crippen molar-refractivity contribution in [2.45, 2.75) is 18.9 Å². The number of halogens is 1. The molecule has 2 N–H and O–H groups in total. The molecule has 136 valence electrons. The van der Waals surface area contributed by atoms with Gasteiger partial charge in [-0.2, -0.15) is 4.98 Å². The summed E-state index contributed by atoms with van der Waals surface area (Å²) in [5.74, 6) is -1.29. The Morgan fingerprint density at radius 1 is 1.30 bits per heavy atom. The van der Waals surface area contributed by atoms with Crippen LogP contribution in [0.25, 0.3) is 11.4 Å². The van der Waals surface area contributed by atoms with Crippen molar-refractivity contribution in [3.8, 4) is 11.4 Å². The number of hydrogen-bond donors (Lipinski definition) is 2. The van der Waals surface area contributed by atoms with Gasteiger partial charge in [0.25, 0.3) is 0 Å². The van der Waals surface area contributed by atoms with E-state index in [-0.39, 0.29) is 30.7 Å². The molecule has 1 aliphatic rings. The second-order valence-corrected chi connectivity index (χ2v) is 6.00. The molecule has 9 heteroatoms. The molecular formula is C18H14FN5O3. The van der Waals surface area contributed by atoms with Gasteiger partial charge >= 0.3 is 0 Å². The molecule has 4 rings (SSSR count). The van der Waals surface area contributed by atoms with Crippen LogP contribution in [0.2, 0.25) is 0 Å². The number of pyridine rings is 1. The Morgan fingerprint density at radius 3 is 2.93 bits per heavy atom. The van der Waals surface area contributed by atoms with Gasteiger partial charge in [0.2, 0.25) is 23.5 Å². The molecule has 1 aromatic carbocycles. The lowest BCUT2D eigenvalue weighted by Gasteiger charge is -2.24. The summed E-state index contributed by atoms with van der Waals surface area (Å²) in [4.78, 5) is 32.5. The molecule has 0 aliphatic carbocycles. The third-order valence-electron chi connectivity index (χ3n) is 4.19. The number of amides is 2. The SMILES string of the molecule is O=C1CC(C(=O)NCc2nc(-c3ccncc3)no2)c2ccc(F)cc2N1. The van der Waals surface area contributed by atoms with E-state index < -0.39 is 11.7 Å². The minimum atomic E-state index is -0.711. The number of carbonyl (C=O) groups is 2. The van der Waals surface area contributed by atoms with Crippen LogP contribution in [-0.4, -0.2) is 26.9 Å². The number of anilines is 1. The van der Waals surface area contributed by atoms with Gasteiger partial charge in [-0.15, -0.1) is 0 Å². The third-order valence-corrected chi connectivity index (χ3v) is 4.19. The van der Waals surface area contributed by atoms with E-state index in [1.165, 1.54) is 18.2 Å². The number of hydrogen-bond acceptors (Lipinski definition) is 6. The van der Waals surface area contributed by atoms with E-state index >= 15 is 0 Å². The molecule has 3 aromatic rings. The molecule has 3 heterocycles. The Kier molecular flexibility index (Phi) is 4.33. The van der Waals surface area contributed by atoms with Crippen molar-refractivity contribution in [3.63, 3.8) is 0 Å². The summed E-state index contributed by atoms with van der Waals surface area (Å²) in [6, 6.07) is 7.44. The monoisotopic (exact) mass is 367 g/mol. The van der Waals surface area contributed by atoms with Crippen LogP contribution in [-0.2, 0) is 16.1 Å². The average molecular weight is 367 g/mol. The Bertz CT molecular complexity index is 1010. The van der Waals surface area contributed by atoms with Crippen molar-refractivity contribution in [2.75, 3.05) is 5.32 Å². The number of benzene rings is 1. The van der Waals surface area contributed by atoms with Crippen molar-refractivity contribution < 1.29 is 18.5 Å². The maximum Gasteiger partial charge on any atom is 0.246 e. The van der Waals surface area contributed by atoms with Gasteiger partial charge < -0.3 is 15.2 Å². The van der Waals surface area contributed by atoms with Gasteiger partial charge in [-0.3, -0.25) is 14.6 Å². The molecule has 1 aliphatic heterocycles. The van der Waals surface area contributed by atoms with Gasteiger partial charge in [0.1, 0.15) is 5.82 Å². The second kappa shape index (κ2) is 6.94. The highest BCUT2D eigenvalue weighted by Crippen LogP contribution is 2.32. The van der Waals surface area contributed by atoms with Crippen molar-refractivity contribution in [2.24, 2.45) is 0 Å². The summed E-state index contributed by atoms with van der Waals surface area (Å²) < 4.78 is 18.5. The fraction of sp³-hybridized carbons (Fsp3) is 0.167. The van der Waals surface area contributed by atoms with Gasteiger partial charge in [0.15, 0.2) is 0 Å². The van der Waals surface area contributed by atoms with Gasteiger partial charge in [-0.05, 0) is 29.8 Å². The highest BCUT2D eigenvalue weighted by atomic mass is 19.1. The van der Waals surface area contributed by atoms with E-state index in [9.17, 15) is 14.0 Å². The van der Waals surface area contributed by atoms with Gasteiger partial charge in [-0.25, -0.2) is 4.39 Å². The van der Waals surface area contributed by atoms with Gasteiger partial charge in [0, 0.05) is 30.1 Å². The third kappa shape index (κ3) is 3.52. The number of nitrogens with zero attached hydrogens (tertiary/aromatic N) is 3. The number of nitrogens with one attached hydrogen (secondary N) is 2. The summed E-state index contributed by atoms with van der Waals surface area (Å²) in [5.41, 5.74) is 1.62. The Hall–Kier alpha value is -3.62. The van der Waals surface area contributed by atoms with Crippen molar-refractivity contribution in [1.29, 1.82) is 0 Å². The van der Waals surface area contributed by atoms with Crippen LogP contribution < -0.4 is 10.6 Å². The molecule has 1 unspecified atom stereocenters. The second-order valence-electron chi connectivity index (χ2n) is 6.00. The summed E-state index contributed by atoms with van der Waals surface area (Å²) >= 11 is 0. The zero-order valence-corrected chi connectivity index (χ0v) is 14.0. The highest BCUT2D eigenvalue weighted by molar-refractivity contribution is 6.01. The van der Waals surface area contributed by atoms with Crippen LogP contribution in [0, 0.1) is 5.82 Å². The quantitative estimate of drug-likeness (QED) is 0.730. The lowest BCUT2D eigenvalue weighted by atomic mass is 9.89. The lowest BCUT2D eigenvalue weighted by Crippen LogP contribution is -2.34. The zero-order chi connectivity index (χ0) is 18.8. The van der Waals surface area contributed by atoms with Crippen LogP contribution in [0.3, 0.4) is 0 Å². The van der Waals surface area contributed by atoms with Crippen LogP contribution in [0.5, 0.6) is 0 Å². The minimum absolute atomic E-state index is 0.0173. The maximum absolute atomic E-state index is 13.4. The lowest BCUT2D eigenvalue weighted by molar-refractivity contribution is -0.126. The molecule has 0 fully saturated rings. The van der Waals surface area contributed by atoms with Crippen LogP contribution >= 0.6 is 0 Å². The molecule has 2 amide bonds. The molecule has 2 aromatic heterocycles. The number of rotatable bonds is 4. The predicted molar refractivity (Wildman–Crippen MR) is 91.8 cm³/mol. The molecular weight excluding hydrogens is 353 g/mol. The summed E-state index contributed by atoms with van der Waals surface area (Å²) in [6.07, 6.45) is 3.21. The molecule has 27 heavy (non-hydrogen) atoms. The number of carbonyl (C=O) groups excluding carboxylic acids is 2. The first kappa shape index (κ1) is 16.8. The summed E-state index contributed by atoms with van der Waals surface area (Å²) in [5, 5.41) is 9.13. The molecule has 0 radical (unpaired) electrons. The first-order chi connectivity index (χ1) is 13.1. The van der Waals surface area contributed by atoms with E-state index in [0.717, 1.165) is 5.56 Å². The topological polar surface area (TPSA) is 110 Å². The maximum atomic E-state index is 13.4. The number of aromatic nitrogens is 3. The Morgan fingerprint density at radius 2 is 2.11 bits per heavy atom. The molecule has 1 atom stereocenters. The Labute approximate surface area is 152 Å². The van der Waals surface area contributed by atoms with Crippen molar-refractivity contribution in [1.82, 2.24) is 20.4 Å². The predicted octanol–water partition coefficient (Wildman–Crippen LogP) is 2.01. The largest absolute Gasteiger partial charge is 0.346 e. The van der Waals surface area contributed by atoms with E-state index in [4.69, 9.17) is 4.52 Å². The van der Waals surface area contributed by atoms with E-state index in [0.29, 0.717) is 17.1 Å². The standard InChI is InChI=1S/C18H14FN5O3/c19-11-1-2-12-13(8-15(25)22-14(12)7-11)18(26)21-9-16-23-17(24-27-16)10-3-5-20-6-4-10/h1-7,13H,8-9H2,(H,21,26)(H,22,25). The van der Waals surface area contributed by atoms with E-state index in [2.05, 4.69) is 25.8 Å². The highest BCUT2D eigenvalue weighted by Gasteiger charge is 2.31. The molecule has 0 saturated heterocycles. The van der Waals surface area contributed by atoms with Crippen molar-refractivity contribution in [3.05, 3.63) is 60.0 Å². The smallest absolute Gasteiger partial charge is 0.246 e. The molecule has 0 spiro atoms. The fourth-order valence-corrected chi connectivity index (χ4v) is 2.90. The summed E-state index contributed by atoms with van der Waals surface area (Å²) in [7, 11) is 0. The first-order valence-electron chi connectivity index (χ1n) is 8.20. The van der Waals surface area contributed by atoms with Crippen LogP contribution in [0.4, 0.5) is 10.1 Å². The van der Waals surface area contributed by atoms with E-state index in [1.807, 2.05) is 0 Å². The minimum Gasteiger partial charge on any atom is -0.346 e. The fourth-order valence-electron chi connectivity index (χ4n) is 2.90. The molecule has 8 nitrogen and oxygen atoms in total. The average Bonchev–Trinajstić information content (AvgIpc) is 3.15. The van der Waals surface area contributed by atoms with Crippen LogP contribution in [0.15, 0.2) is 47.2 Å². The summed E-state index contributed by atoms with van der Waals surface area (Å²) in [6.45, 7) is 0.0194. The zero-order valence-electron chi connectivity index (χ0n) is 14.0.